The molecule has 2 N–H and O–H groups in total. The molecule has 1 aromatic rings. The van der Waals surface area contributed by atoms with E-state index < -0.39 is 0 Å². The molecule has 0 aliphatic heterocycles. The number of hydrogen-bond acceptors (Lipinski definition) is 2. The molecule has 1 aromatic carbocycles. The van der Waals surface area contributed by atoms with Crippen molar-refractivity contribution in [1.29, 1.82) is 0 Å². The van der Waals surface area contributed by atoms with Crippen LogP contribution in [0.5, 0.6) is 0 Å². The number of nitrogens with two attached hydrogens (primary N) is 1. The molecule has 1 aliphatic carbocycles. The van der Waals surface area contributed by atoms with Crippen molar-refractivity contribution in [2.75, 3.05) is 19.0 Å². The van der Waals surface area contributed by atoms with Crippen LogP contribution >= 0.6 is 0 Å². The van der Waals surface area contributed by atoms with E-state index >= 15 is 0 Å². The van der Waals surface area contributed by atoms with Gasteiger partial charge < -0.3 is 10.6 Å². The van der Waals surface area contributed by atoms with Crippen molar-refractivity contribution in [3.05, 3.63) is 29.3 Å². The first kappa shape index (κ1) is 11.5. The number of benzene rings is 1. The minimum atomic E-state index is -0.0916. The third-order valence-electron chi connectivity index (χ3n) is 3.67. The highest BCUT2D eigenvalue weighted by molar-refractivity contribution is 5.57. The molecule has 0 spiro atoms. The summed E-state index contributed by atoms with van der Waals surface area (Å²) < 4.78 is 0. The third kappa shape index (κ3) is 1.94. The molecule has 0 atom stereocenters. The van der Waals surface area contributed by atoms with Gasteiger partial charge in [-0.1, -0.05) is 30.5 Å². The van der Waals surface area contributed by atoms with Crippen molar-refractivity contribution in [1.82, 2.24) is 0 Å². The van der Waals surface area contributed by atoms with Gasteiger partial charge in [-0.15, -0.1) is 0 Å². The predicted molar refractivity (Wildman–Crippen MR) is 69.8 cm³/mol. The largest absolute Gasteiger partial charge is 0.377 e. The van der Waals surface area contributed by atoms with Gasteiger partial charge in [-0.25, -0.2) is 0 Å². The highest BCUT2D eigenvalue weighted by Crippen LogP contribution is 2.40. The van der Waals surface area contributed by atoms with Crippen LogP contribution in [0.2, 0.25) is 0 Å². The van der Waals surface area contributed by atoms with Crippen molar-refractivity contribution < 1.29 is 0 Å². The van der Waals surface area contributed by atoms with Crippen molar-refractivity contribution in [2.24, 2.45) is 5.73 Å². The smallest absolute Gasteiger partial charge is 0.0430 e. The maximum Gasteiger partial charge on any atom is 0.0430 e. The van der Waals surface area contributed by atoms with Crippen LogP contribution in [0.15, 0.2) is 18.2 Å². The molecule has 0 aromatic heterocycles. The molecule has 0 bridgehead atoms. The fourth-order valence-corrected chi connectivity index (χ4v) is 2.71. The summed E-state index contributed by atoms with van der Waals surface area (Å²) in [5.74, 6) is 0. The Hall–Kier alpha value is -1.02. The molecular weight excluding hydrogens is 196 g/mol. The van der Waals surface area contributed by atoms with E-state index in [4.69, 9.17) is 5.73 Å². The Labute approximate surface area is 98.4 Å². The van der Waals surface area contributed by atoms with E-state index in [1.807, 2.05) is 0 Å². The van der Waals surface area contributed by atoms with Gasteiger partial charge in [0.2, 0.25) is 0 Å². The zero-order valence-corrected chi connectivity index (χ0v) is 10.6. The van der Waals surface area contributed by atoms with Crippen LogP contribution < -0.4 is 10.6 Å². The lowest BCUT2D eigenvalue weighted by atomic mass is 9.87. The Morgan fingerprint density at radius 2 is 1.81 bits per heavy atom. The van der Waals surface area contributed by atoms with Crippen LogP contribution in [0.3, 0.4) is 0 Å². The van der Waals surface area contributed by atoms with Gasteiger partial charge in [-0.05, 0) is 31.4 Å². The second-order valence-electron chi connectivity index (χ2n) is 5.28. The van der Waals surface area contributed by atoms with E-state index in [1.165, 1.54) is 29.7 Å². The van der Waals surface area contributed by atoms with E-state index in [9.17, 15) is 0 Å². The Bertz CT molecular complexity index is 376. The molecule has 0 heterocycles. The predicted octanol–water partition coefficient (Wildman–Crippen LogP) is 2.79. The second kappa shape index (κ2) is 4.10. The zero-order chi connectivity index (χ0) is 11.8. The third-order valence-corrected chi connectivity index (χ3v) is 3.67. The fraction of sp³-hybridized carbons (Fsp3) is 0.571. The molecule has 1 fully saturated rings. The topological polar surface area (TPSA) is 29.3 Å². The van der Waals surface area contributed by atoms with Crippen LogP contribution in [-0.2, 0) is 5.54 Å². The Morgan fingerprint density at radius 3 is 2.38 bits per heavy atom. The fourth-order valence-electron chi connectivity index (χ4n) is 2.71. The van der Waals surface area contributed by atoms with Gasteiger partial charge in [-0.2, -0.15) is 0 Å². The molecule has 0 amide bonds. The molecular formula is C14H22N2. The number of nitrogens with zero attached hydrogens (tertiary/aromatic N) is 1. The number of hydrogen-bond donors (Lipinski definition) is 1. The molecule has 1 saturated carbocycles. The van der Waals surface area contributed by atoms with Gasteiger partial charge in [0.05, 0.1) is 0 Å². The minimum absolute atomic E-state index is 0.0916. The van der Waals surface area contributed by atoms with Crippen molar-refractivity contribution in [3.63, 3.8) is 0 Å². The molecule has 88 valence electrons. The van der Waals surface area contributed by atoms with E-state index in [0.29, 0.717) is 0 Å². The lowest BCUT2D eigenvalue weighted by molar-refractivity contribution is 0.462. The van der Waals surface area contributed by atoms with Crippen LogP contribution in [0.1, 0.15) is 36.8 Å². The highest BCUT2D eigenvalue weighted by Gasteiger charge is 2.33. The first-order valence-corrected chi connectivity index (χ1v) is 6.10. The van der Waals surface area contributed by atoms with Crippen LogP contribution in [0, 0.1) is 6.92 Å². The SMILES string of the molecule is Cc1ccc(N(C)C)c(C2(N)CCCC2)c1. The summed E-state index contributed by atoms with van der Waals surface area (Å²) in [4.78, 5) is 2.17. The number of aryl methyl sites for hydroxylation is 1. The van der Waals surface area contributed by atoms with Gasteiger partial charge in [0.1, 0.15) is 0 Å². The first-order chi connectivity index (χ1) is 7.53. The number of rotatable bonds is 2. The average molecular weight is 218 g/mol. The van der Waals surface area contributed by atoms with Crippen molar-refractivity contribution >= 4 is 5.69 Å². The molecule has 2 heteroatoms. The van der Waals surface area contributed by atoms with E-state index in [-0.39, 0.29) is 5.54 Å². The maximum atomic E-state index is 6.56. The van der Waals surface area contributed by atoms with Gasteiger partial charge >= 0.3 is 0 Å². The molecule has 0 radical (unpaired) electrons. The summed E-state index contributed by atoms with van der Waals surface area (Å²) in [6.07, 6.45) is 4.77. The number of anilines is 1. The van der Waals surface area contributed by atoms with Crippen LogP contribution in [0.25, 0.3) is 0 Å². The van der Waals surface area contributed by atoms with E-state index in [1.54, 1.807) is 0 Å². The van der Waals surface area contributed by atoms with E-state index in [0.717, 1.165) is 12.8 Å². The Kier molecular flexibility index (Phi) is 2.94. The van der Waals surface area contributed by atoms with Gasteiger partial charge in [0.25, 0.3) is 0 Å². The molecule has 0 unspecified atom stereocenters. The lowest BCUT2D eigenvalue weighted by Crippen LogP contribution is -2.35. The lowest BCUT2D eigenvalue weighted by Gasteiger charge is -2.30. The summed E-state index contributed by atoms with van der Waals surface area (Å²) >= 11 is 0. The normalized spacial score (nSPS) is 18.8. The Balaban J connectivity index is 2.48. The second-order valence-corrected chi connectivity index (χ2v) is 5.28. The summed E-state index contributed by atoms with van der Waals surface area (Å²) in [6, 6.07) is 6.62. The summed E-state index contributed by atoms with van der Waals surface area (Å²) in [6.45, 7) is 2.14. The molecule has 2 nitrogen and oxygen atoms in total. The zero-order valence-electron chi connectivity index (χ0n) is 10.6. The summed E-state index contributed by atoms with van der Waals surface area (Å²) in [5.41, 5.74) is 10.4. The van der Waals surface area contributed by atoms with Gasteiger partial charge in [0.15, 0.2) is 0 Å². The van der Waals surface area contributed by atoms with E-state index in [2.05, 4.69) is 44.1 Å². The first-order valence-electron chi connectivity index (χ1n) is 6.10. The minimum Gasteiger partial charge on any atom is -0.377 e. The molecule has 0 saturated heterocycles. The van der Waals surface area contributed by atoms with Gasteiger partial charge in [-0.3, -0.25) is 0 Å². The summed E-state index contributed by atoms with van der Waals surface area (Å²) in [5, 5.41) is 0. The monoisotopic (exact) mass is 218 g/mol. The van der Waals surface area contributed by atoms with Crippen LogP contribution in [0.4, 0.5) is 5.69 Å². The molecule has 2 rings (SSSR count). The standard InChI is InChI=1S/C14H22N2/c1-11-6-7-13(16(2)3)12(10-11)14(15)8-4-5-9-14/h6-7,10H,4-5,8-9,15H2,1-3H3. The Morgan fingerprint density at radius 1 is 1.19 bits per heavy atom. The van der Waals surface area contributed by atoms with Crippen molar-refractivity contribution in [3.8, 4) is 0 Å². The maximum absolute atomic E-state index is 6.56. The average Bonchev–Trinajstić information content (AvgIpc) is 2.66. The van der Waals surface area contributed by atoms with Crippen molar-refractivity contribution in [2.45, 2.75) is 38.1 Å². The molecule has 16 heavy (non-hydrogen) atoms. The summed E-state index contributed by atoms with van der Waals surface area (Å²) in [7, 11) is 4.18. The molecule has 1 aliphatic rings. The van der Waals surface area contributed by atoms with Crippen LogP contribution in [-0.4, -0.2) is 14.1 Å². The van der Waals surface area contributed by atoms with Gasteiger partial charge in [0, 0.05) is 25.3 Å². The highest BCUT2D eigenvalue weighted by atomic mass is 15.1. The quantitative estimate of drug-likeness (QED) is 0.827.